The number of carbonyl (C=O) groups excluding carboxylic acids is 1. The standard InChI is InChI=1S/C21H25N5O/c1-26-11-10-18(16(14-26)12-15-6-3-2-4-7-15)23-21(27)24-19-8-5-9-20-17(19)13-22-25-20/h2-9,13,16,18H,10-12,14H2,1H3,(H,22,25)(H2,23,24,27)/t16-,18+/m1/s1. The normalized spacial score (nSPS) is 20.5. The molecule has 0 bridgehead atoms. The Morgan fingerprint density at radius 2 is 2.07 bits per heavy atom. The molecule has 6 heteroatoms. The number of nitrogens with one attached hydrogen (secondary N) is 3. The van der Waals surface area contributed by atoms with E-state index in [0.717, 1.165) is 42.5 Å². The smallest absolute Gasteiger partial charge is 0.319 e. The van der Waals surface area contributed by atoms with E-state index in [2.05, 4.69) is 57.0 Å². The van der Waals surface area contributed by atoms with Crippen LogP contribution in [0.2, 0.25) is 0 Å². The van der Waals surface area contributed by atoms with E-state index in [9.17, 15) is 4.79 Å². The van der Waals surface area contributed by atoms with Crippen LogP contribution in [0.15, 0.2) is 54.7 Å². The summed E-state index contributed by atoms with van der Waals surface area (Å²) in [5.74, 6) is 0.390. The minimum absolute atomic E-state index is 0.156. The molecular formula is C21H25N5O. The van der Waals surface area contributed by atoms with Gasteiger partial charge < -0.3 is 15.5 Å². The van der Waals surface area contributed by atoms with Crippen molar-refractivity contribution in [2.24, 2.45) is 5.92 Å². The summed E-state index contributed by atoms with van der Waals surface area (Å²) in [6.07, 6.45) is 3.66. The van der Waals surface area contributed by atoms with Crippen LogP contribution in [0.4, 0.5) is 10.5 Å². The number of H-pyrrole nitrogens is 1. The highest BCUT2D eigenvalue weighted by atomic mass is 16.2. The average Bonchev–Trinajstić information content (AvgIpc) is 3.15. The third-order valence-electron chi connectivity index (χ3n) is 5.33. The second-order valence-electron chi connectivity index (χ2n) is 7.34. The van der Waals surface area contributed by atoms with Crippen molar-refractivity contribution in [2.45, 2.75) is 18.9 Å². The molecule has 140 valence electrons. The summed E-state index contributed by atoms with van der Waals surface area (Å²) in [5.41, 5.74) is 2.99. The second kappa shape index (κ2) is 7.80. The fraction of sp³-hybridized carbons (Fsp3) is 0.333. The van der Waals surface area contributed by atoms with E-state index in [0.29, 0.717) is 5.92 Å². The third-order valence-corrected chi connectivity index (χ3v) is 5.33. The number of carbonyl (C=O) groups is 1. The van der Waals surface area contributed by atoms with Gasteiger partial charge in [-0.05, 0) is 50.0 Å². The van der Waals surface area contributed by atoms with Crippen LogP contribution in [0.5, 0.6) is 0 Å². The van der Waals surface area contributed by atoms with Gasteiger partial charge in [-0.1, -0.05) is 36.4 Å². The maximum absolute atomic E-state index is 12.7. The zero-order valence-corrected chi connectivity index (χ0v) is 15.5. The highest BCUT2D eigenvalue weighted by Crippen LogP contribution is 2.23. The number of anilines is 1. The lowest BCUT2D eigenvalue weighted by Gasteiger charge is -2.37. The number of aromatic amines is 1. The Balaban J connectivity index is 1.44. The molecule has 1 aliphatic rings. The van der Waals surface area contributed by atoms with Crippen molar-refractivity contribution in [2.75, 3.05) is 25.5 Å². The summed E-state index contributed by atoms with van der Waals surface area (Å²) in [6.45, 7) is 1.98. The number of likely N-dealkylation sites (tertiary alicyclic amines) is 1. The van der Waals surface area contributed by atoms with E-state index in [1.165, 1.54) is 5.56 Å². The van der Waals surface area contributed by atoms with Crippen LogP contribution in [0.3, 0.4) is 0 Å². The Kier molecular flexibility index (Phi) is 5.07. The molecule has 0 radical (unpaired) electrons. The van der Waals surface area contributed by atoms with Crippen LogP contribution in [0, 0.1) is 5.92 Å². The van der Waals surface area contributed by atoms with Crippen molar-refractivity contribution < 1.29 is 4.79 Å². The van der Waals surface area contributed by atoms with Crippen LogP contribution in [-0.4, -0.2) is 47.3 Å². The first kappa shape index (κ1) is 17.5. The van der Waals surface area contributed by atoms with Crippen molar-refractivity contribution >= 4 is 22.6 Å². The van der Waals surface area contributed by atoms with Gasteiger partial charge in [0.1, 0.15) is 0 Å². The Labute approximate surface area is 159 Å². The Morgan fingerprint density at radius 3 is 2.93 bits per heavy atom. The van der Waals surface area contributed by atoms with Gasteiger partial charge in [-0.3, -0.25) is 5.10 Å². The molecule has 2 atom stereocenters. The number of fused-ring (bicyclic) bond motifs is 1. The van der Waals surface area contributed by atoms with Crippen LogP contribution in [0.1, 0.15) is 12.0 Å². The van der Waals surface area contributed by atoms with Crippen LogP contribution in [0.25, 0.3) is 10.9 Å². The van der Waals surface area contributed by atoms with Gasteiger partial charge in [0.05, 0.1) is 17.4 Å². The van der Waals surface area contributed by atoms with Gasteiger partial charge in [-0.25, -0.2) is 4.79 Å². The Morgan fingerprint density at radius 1 is 1.22 bits per heavy atom. The number of rotatable bonds is 4. The maximum atomic E-state index is 12.7. The summed E-state index contributed by atoms with van der Waals surface area (Å²) in [4.78, 5) is 15.0. The summed E-state index contributed by atoms with van der Waals surface area (Å²) in [5, 5.41) is 14.1. The molecule has 2 amide bonds. The zero-order chi connectivity index (χ0) is 18.6. The lowest BCUT2D eigenvalue weighted by atomic mass is 9.87. The molecule has 1 fully saturated rings. The molecule has 3 aromatic rings. The molecule has 2 aromatic carbocycles. The van der Waals surface area contributed by atoms with Gasteiger partial charge in [-0.15, -0.1) is 0 Å². The second-order valence-corrected chi connectivity index (χ2v) is 7.34. The van der Waals surface area contributed by atoms with E-state index < -0.39 is 0 Å². The number of urea groups is 1. The predicted molar refractivity (Wildman–Crippen MR) is 108 cm³/mol. The first-order chi connectivity index (χ1) is 13.2. The largest absolute Gasteiger partial charge is 0.335 e. The van der Waals surface area contributed by atoms with Crippen molar-refractivity contribution in [3.8, 4) is 0 Å². The maximum Gasteiger partial charge on any atom is 0.319 e. The predicted octanol–water partition coefficient (Wildman–Crippen LogP) is 3.25. The monoisotopic (exact) mass is 363 g/mol. The molecule has 0 unspecified atom stereocenters. The van der Waals surface area contributed by atoms with Gasteiger partial charge in [0, 0.05) is 18.0 Å². The van der Waals surface area contributed by atoms with E-state index in [4.69, 9.17) is 0 Å². The number of aromatic nitrogens is 2. The molecular weight excluding hydrogens is 338 g/mol. The molecule has 1 aliphatic heterocycles. The fourth-order valence-electron chi connectivity index (χ4n) is 3.93. The van der Waals surface area contributed by atoms with Crippen molar-refractivity contribution in [3.05, 3.63) is 60.3 Å². The van der Waals surface area contributed by atoms with Crippen LogP contribution < -0.4 is 10.6 Å². The fourth-order valence-corrected chi connectivity index (χ4v) is 3.93. The third kappa shape index (κ3) is 4.11. The number of nitrogens with zero attached hydrogens (tertiary/aromatic N) is 2. The van der Waals surface area contributed by atoms with Gasteiger partial charge >= 0.3 is 6.03 Å². The number of hydrogen-bond acceptors (Lipinski definition) is 3. The molecule has 6 nitrogen and oxygen atoms in total. The molecule has 4 rings (SSSR count). The number of piperidine rings is 1. The molecule has 3 N–H and O–H groups in total. The van der Waals surface area contributed by atoms with Gasteiger partial charge in [0.25, 0.3) is 0 Å². The Bertz CT molecular complexity index is 907. The average molecular weight is 363 g/mol. The van der Waals surface area contributed by atoms with Crippen LogP contribution >= 0.6 is 0 Å². The summed E-state index contributed by atoms with van der Waals surface area (Å²) < 4.78 is 0. The number of benzene rings is 2. The van der Waals surface area contributed by atoms with E-state index in [-0.39, 0.29) is 12.1 Å². The number of hydrogen-bond donors (Lipinski definition) is 3. The van der Waals surface area contributed by atoms with Gasteiger partial charge in [-0.2, -0.15) is 5.10 Å². The first-order valence-corrected chi connectivity index (χ1v) is 9.41. The van der Waals surface area contributed by atoms with Gasteiger partial charge in [0.15, 0.2) is 0 Å². The lowest BCUT2D eigenvalue weighted by Crippen LogP contribution is -2.51. The zero-order valence-electron chi connectivity index (χ0n) is 15.5. The van der Waals surface area contributed by atoms with E-state index in [1.54, 1.807) is 6.20 Å². The summed E-state index contributed by atoms with van der Waals surface area (Å²) in [6, 6.07) is 16.2. The summed E-state index contributed by atoms with van der Waals surface area (Å²) >= 11 is 0. The summed E-state index contributed by atoms with van der Waals surface area (Å²) in [7, 11) is 2.15. The first-order valence-electron chi connectivity index (χ1n) is 9.41. The molecule has 2 heterocycles. The molecule has 0 spiro atoms. The minimum Gasteiger partial charge on any atom is -0.335 e. The van der Waals surface area contributed by atoms with Crippen molar-refractivity contribution in [1.82, 2.24) is 20.4 Å². The van der Waals surface area contributed by atoms with E-state index >= 15 is 0 Å². The minimum atomic E-state index is -0.156. The molecule has 0 aliphatic carbocycles. The van der Waals surface area contributed by atoms with E-state index in [1.807, 2.05) is 24.3 Å². The van der Waals surface area contributed by atoms with Crippen LogP contribution in [-0.2, 0) is 6.42 Å². The number of amides is 2. The van der Waals surface area contributed by atoms with Crippen molar-refractivity contribution in [3.63, 3.8) is 0 Å². The highest BCUT2D eigenvalue weighted by Gasteiger charge is 2.29. The highest BCUT2D eigenvalue weighted by molar-refractivity contribution is 6.00. The van der Waals surface area contributed by atoms with Crippen molar-refractivity contribution in [1.29, 1.82) is 0 Å². The SMILES string of the molecule is CN1CC[C@H](NC(=O)Nc2cccc3[nH]ncc23)[C@H](Cc2ccccc2)C1. The molecule has 0 saturated carbocycles. The quantitative estimate of drug-likeness (QED) is 0.666. The molecule has 1 aromatic heterocycles. The lowest BCUT2D eigenvalue weighted by molar-refractivity contribution is 0.165. The molecule has 27 heavy (non-hydrogen) atoms. The Hall–Kier alpha value is -2.86. The van der Waals surface area contributed by atoms with Gasteiger partial charge in [0.2, 0.25) is 0 Å². The topological polar surface area (TPSA) is 73.1 Å². The molecule has 1 saturated heterocycles.